The van der Waals surface area contributed by atoms with Gasteiger partial charge in [-0.3, -0.25) is 14.7 Å². The van der Waals surface area contributed by atoms with Gasteiger partial charge in [0.25, 0.3) is 0 Å². The minimum atomic E-state index is 0.721. The Kier molecular flexibility index (Phi) is 5.77. The van der Waals surface area contributed by atoms with Crippen molar-refractivity contribution in [3.05, 3.63) is 0 Å². The lowest BCUT2D eigenvalue weighted by Crippen LogP contribution is -2.46. The first-order chi connectivity index (χ1) is 10.6. The fourth-order valence-corrected chi connectivity index (χ4v) is 4.51. The van der Waals surface area contributed by atoms with E-state index in [-0.39, 0.29) is 0 Å². The molecular formula is C18H36N4. The Morgan fingerprint density at radius 2 is 1.68 bits per heavy atom. The summed E-state index contributed by atoms with van der Waals surface area (Å²) in [6.45, 7) is 17.3. The van der Waals surface area contributed by atoms with Crippen LogP contribution in [0.2, 0.25) is 0 Å². The van der Waals surface area contributed by atoms with Crippen molar-refractivity contribution in [2.45, 2.75) is 64.6 Å². The maximum atomic E-state index is 2.76. The highest BCUT2D eigenvalue weighted by atomic mass is 15.4. The molecule has 22 heavy (non-hydrogen) atoms. The monoisotopic (exact) mass is 308 g/mol. The zero-order valence-electron chi connectivity index (χ0n) is 15.0. The molecule has 4 nitrogen and oxygen atoms in total. The van der Waals surface area contributed by atoms with Crippen LogP contribution < -0.4 is 0 Å². The predicted molar refractivity (Wildman–Crippen MR) is 93.1 cm³/mol. The Bertz CT molecular complexity index is 338. The molecule has 3 saturated heterocycles. The number of nitrogens with zero attached hydrogens (tertiary/aromatic N) is 4. The van der Waals surface area contributed by atoms with Crippen LogP contribution in [-0.2, 0) is 0 Å². The Morgan fingerprint density at radius 3 is 2.32 bits per heavy atom. The lowest BCUT2D eigenvalue weighted by molar-refractivity contribution is 0.0932. The predicted octanol–water partition coefficient (Wildman–Crippen LogP) is 1.92. The quantitative estimate of drug-likeness (QED) is 0.769. The zero-order chi connectivity index (χ0) is 15.5. The van der Waals surface area contributed by atoms with Gasteiger partial charge in [0.2, 0.25) is 0 Å². The normalized spacial score (nSPS) is 30.8. The lowest BCUT2D eigenvalue weighted by Gasteiger charge is -2.38. The molecule has 0 N–H and O–H groups in total. The largest absolute Gasteiger partial charge is 0.301 e. The average Bonchev–Trinajstić information content (AvgIpc) is 3.14. The first-order valence-corrected chi connectivity index (χ1v) is 9.58. The number of likely N-dealkylation sites (tertiary alicyclic amines) is 2. The molecule has 128 valence electrons. The Labute approximate surface area is 137 Å². The highest BCUT2D eigenvalue weighted by molar-refractivity contribution is 4.85. The third-order valence-corrected chi connectivity index (χ3v) is 6.22. The van der Waals surface area contributed by atoms with Gasteiger partial charge in [-0.25, -0.2) is 0 Å². The van der Waals surface area contributed by atoms with E-state index in [0.717, 1.165) is 18.1 Å². The molecule has 3 aliphatic rings. The van der Waals surface area contributed by atoms with Gasteiger partial charge >= 0.3 is 0 Å². The van der Waals surface area contributed by atoms with Gasteiger partial charge in [0.15, 0.2) is 0 Å². The fraction of sp³-hybridized carbons (Fsp3) is 1.00. The van der Waals surface area contributed by atoms with Crippen LogP contribution in [0.3, 0.4) is 0 Å². The van der Waals surface area contributed by atoms with E-state index in [9.17, 15) is 0 Å². The fourth-order valence-electron chi connectivity index (χ4n) is 4.51. The van der Waals surface area contributed by atoms with Crippen molar-refractivity contribution in [1.82, 2.24) is 19.6 Å². The van der Waals surface area contributed by atoms with E-state index in [1.807, 2.05) is 0 Å². The summed E-state index contributed by atoms with van der Waals surface area (Å²) < 4.78 is 0. The molecule has 3 rings (SSSR count). The van der Waals surface area contributed by atoms with E-state index in [2.05, 4.69) is 40.4 Å². The van der Waals surface area contributed by atoms with Crippen LogP contribution in [0.5, 0.6) is 0 Å². The van der Waals surface area contributed by atoms with E-state index in [1.54, 1.807) is 0 Å². The second-order valence-electron chi connectivity index (χ2n) is 7.96. The molecule has 1 atom stereocenters. The van der Waals surface area contributed by atoms with Crippen molar-refractivity contribution >= 4 is 0 Å². The van der Waals surface area contributed by atoms with Crippen LogP contribution in [0.1, 0.15) is 46.5 Å². The first-order valence-electron chi connectivity index (χ1n) is 9.58. The molecule has 0 aromatic heterocycles. The molecule has 0 aromatic carbocycles. The highest BCUT2D eigenvalue weighted by Crippen LogP contribution is 2.21. The van der Waals surface area contributed by atoms with Crippen LogP contribution in [0.25, 0.3) is 0 Å². The van der Waals surface area contributed by atoms with Crippen molar-refractivity contribution in [2.75, 3.05) is 52.5 Å². The van der Waals surface area contributed by atoms with Gasteiger partial charge in [-0.2, -0.15) is 0 Å². The SMILES string of the molecule is CC(C)N1CCC(N2CCN(CCN3CCC[C@@H]3C)C2)CC1. The van der Waals surface area contributed by atoms with Gasteiger partial charge in [-0.15, -0.1) is 0 Å². The van der Waals surface area contributed by atoms with Gasteiger partial charge in [-0.05, 0) is 66.1 Å². The van der Waals surface area contributed by atoms with Gasteiger partial charge in [0.05, 0.1) is 6.67 Å². The summed E-state index contributed by atoms with van der Waals surface area (Å²) in [6, 6.07) is 2.38. The summed E-state index contributed by atoms with van der Waals surface area (Å²) in [5, 5.41) is 0. The minimum absolute atomic E-state index is 0.721. The number of hydrogen-bond donors (Lipinski definition) is 0. The molecule has 0 unspecified atom stereocenters. The first kappa shape index (κ1) is 16.7. The van der Waals surface area contributed by atoms with Crippen molar-refractivity contribution < 1.29 is 0 Å². The summed E-state index contributed by atoms with van der Waals surface area (Å²) >= 11 is 0. The van der Waals surface area contributed by atoms with Crippen LogP contribution in [-0.4, -0.2) is 90.2 Å². The molecular weight excluding hydrogens is 272 g/mol. The lowest BCUT2D eigenvalue weighted by atomic mass is 10.0. The summed E-state index contributed by atoms with van der Waals surface area (Å²) in [7, 11) is 0. The van der Waals surface area contributed by atoms with Crippen molar-refractivity contribution in [2.24, 2.45) is 0 Å². The molecule has 0 saturated carbocycles. The highest BCUT2D eigenvalue weighted by Gasteiger charge is 2.30. The summed E-state index contributed by atoms with van der Waals surface area (Å²) in [6.07, 6.45) is 5.55. The summed E-state index contributed by atoms with van der Waals surface area (Å²) in [4.78, 5) is 10.8. The number of hydrogen-bond acceptors (Lipinski definition) is 4. The van der Waals surface area contributed by atoms with Crippen molar-refractivity contribution in [1.29, 1.82) is 0 Å². The Balaban J connectivity index is 1.37. The van der Waals surface area contributed by atoms with Gasteiger partial charge in [0, 0.05) is 44.3 Å². The maximum absolute atomic E-state index is 2.76. The molecule has 4 heteroatoms. The van der Waals surface area contributed by atoms with Crippen molar-refractivity contribution in [3.8, 4) is 0 Å². The molecule has 0 aliphatic carbocycles. The second-order valence-corrected chi connectivity index (χ2v) is 7.96. The van der Waals surface area contributed by atoms with Gasteiger partial charge in [0.1, 0.15) is 0 Å². The molecule has 3 heterocycles. The van der Waals surface area contributed by atoms with E-state index < -0.39 is 0 Å². The number of rotatable bonds is 5. The second kappa shape index (κ2) is 7.61. The minimum Gasteiger partial charge on any atom is -0.301 e. The summed E-state index contributed by atoms with van der Waals surface area (Å²) in [5.74, 6) is 0. The molecule has 0 spiro atoms. The molecule has 3 fully saturated rings. The van der Waals surface area contributed by atoms with E-state index >= 15 is 0 Å². The van der Waals surface area contributed by atoms with Gasteiger partial charge < -0.3 is 4.90 Å². The molecule has 0 amide bonds. The topological polar surface area (TPSA) is 13.0 Å². The van der Waals surface area contributed by atoms with E-state index in [1.165, 1.54) is 78.2 Å². The Hall–Kier alpha value is -0.160. The van der Waals surface area contributed by atoms with E-state index in [0.29, 0.717) is 0 Å². The van der Waals surface area contributed by atoms with E-state index in [4.69, 9.17) is 0 Å². The molecule has 3 aliphatic heterocycles. The third-order valence-electron chi connectivity index (χ3n) is 6.22. The van der Waals surface area contributed by atoms with Crippen LogP contribution in [0, 0.1) is 0 Å². The molecule has 0 aromatic rings. The average molecular weight is 309 g/mol. The third kappa shape index (κ3) is 4.02. The zero-order valence-corrected chi connectivity index (χ0v) is 15.0. The Morgan fingerprint density at radius 1 is 0.909 bits per heavy atom. The summed E-state index contributed by atoms with van der Waals surface area (Å²) in [5.41, 5.74) is 0. The molecule has 0 radical (unpaired) electrons. The standard InChI is InChI=1S/C18H36N4/c1-16(2)20-9-6-18(7-10-20)22-14-12-19(15-22)11-13-21-8-4-5-17(21)3/h16-18H,4-15H2,1-3H3/t17-/m0/s1. The van der Waals surface area contributed by atoms with Crippen LogP contribution in [0.15, 0.2) is 0 Å². The van der Waals surface area contributed by atoms with Crippen LogP contribution >= 0.6 is 0 Å². The maximum Gasteiger partial charge on any atom is 0.0510 e. The molecule has 0 bridgehead atoms. The van der Waals surface area contributed by atoms with Gasteiger partial charge in [-0.1, -0.05) is 0 Å². The van der Waals surface area contributed by atoms with Crippen molar-refractivity contribution in [3.63, 3.8) is 0 Å². The van der Waals surface area contributed by atoms with Crippen LogP contribution in [0.4, 0.5) is 0 Å². The smallest absolute Gasteiger partial charge is 0.0510 e. The number of piperidine rings is 1.